The Morgan fingerprint density at radius 1 is 1.22 bits per heavy atom. The summed E-state index contributed by atoms with van der Waals surface area (Å²) < 4.78 is 0. The molecule has 0 aliphatic carbocycles. The second-order valence-corrected chi connectivity index (χ2v) is 5.13. The maximum atomic E-state index is 11.3. The van der Waals surface area contributed by atoms with Crippen LogP contribution in [0, 0.1) is 0 Å². The largest absolute Gasteiger partial charge is 0.356 e. The lowest BCUT2D eigenvalue weighted by Gasteiger charge is -2.25. The number of nitrogens with one attached hydrogen (secondary N) is 2. The topological polar surface area (TPSA) is 41.1 Å². The van der Waals surface area contributed by atoms with Crippen LogP contribution in [0.1, 0.15) is 32.8 Å². The van der Waals surface area contributed by atoms with Crippen molar-refractivity contribution in [2.24, 2.45) is 0 Å². The van der Waals surface area contributed by atoms with Crippen LogP contribution in [0.5, 0.6) is 0 Å². The van der Waals surface area contributed by atoms with Crippen LogP contribution in [-0.2, 0) is 10.2 Å². The maximum absolute atomic E-state index is 11.3. The van der Waals surface area contributed by atoms with Crippen LogP contribution in [0.3, 0.4) is 0 Å². The van der Waals surface area contributed by atoms with Crippen molar-refractivity contribution in [1.29, 1.82) is 0 Å². The molecule has 0 aliphatic heterocycles. The van der Waals surface area contributed by atoms with Gasteiger partial charge in [-0.25, -0.2) is 0 Å². The zero-order chi connectivity index (χ0) is 13.4. The predicted molar refractivity (Wildman–Crippen MR) is 75.6 cm³/mol. The Morgan fingerprint density at radius 3 is 2.50 bits per heavy atom. The van der Waals surface area contributed by atoms with Gasteiger partial charge in [-0.2, -0.15) is 0 Å². The summed E-state index contributed by atoms with van der Waals surface area (Å²) in [6.07, 6.45) is 0.540. The van der Waals surface area contributed by atoms with E-state index in [1.165, 1.54) is 5.56 Å². The second-order valence-electron chi connectivity index (χ2n) is 5.13. The number of amides is 1. The summed E-state index contributed by atoms with van der Waals surface area (Å²) in [4.78, 5) is 11.3. The van der Waals surface area contributed by atoms with Gasteiger partial charge in [0.05, 0.1) is 0 Å². The average molecular weight is 248 g/mol. The maximum Gasteiger partial charge on any atom is 0.221 e. The summed E-state index contributed by atoms with van der Waals surface area (Å²) in [5, 5.41) is 6.15. The highest BCUT2D eigenvalue weighted by Crippen LogP contribution is 2.21. The van der Waals surface area contributed by atoms with Crippen molar-refractivity contribution in [2.75, 3.05) is 19.6 Å². The Bertz CT molecular complexity index is 360. The molecule has 3 heteroatoms. The van der Waals surface area contributed by atoms with Crippen molar-refractivity contribution in [1.82, 2.24) is 10.6 Å². The van der Waals surface area contributed by atoms with E-state index in [1.54, 1.807) is 0 Å². The summed E-state index contributed by atoms with van der Waals surface area (Å²) in [5.74, 6) is 0.113. The zero-order valence-electron chi connectivity index (χ0n) is 11.6. The molecule has 0 unspecified atom stereocenters. The van der Waals surface area contributed by atoms with E-state index in [0.29, 0.717) is 13.0 Å². The predicted octanol–water partition coefficient (Wildman–Crippen LogP) is 2.08. The normalized spacial score (nSPS) is 11.3. The van der Waals surface area contributed by atoms with Crippen LogP contribution in [0.15, 0.2) is 30.3 Å². The summed E-state index contributed by atoms with van der Waals surface area (Å²) in [6.45, 7) is 8.65. The third-order valence-electron chi connectivity index (χ3n) is 3.02. The fourth-order valence-corrected chi connectivity index (χ4v) is 1.88. The molecule has 1 aromatic carbocycles. The Kier molecular flexibility index (Phi) is 5.86. The quantitative estimate of drug-likeness (QED) is 0.725. The van der Waals surface area contributed by atoms with Crippen LogP contribution in [0.4, 0.5) is 0 Å². The number of benzene rings is 1. The molecule has 1 aromatic rings. The monoisotopic (exact) mass is 248 g/mol. The first-order chi connectivity index (χ1) is 8.56. The molecular formula is C15H24N2O. The fraction of sp³-hybridized carbons (Fsp3) is 0.533. The van der Waals surface area contributed by atoms with Crippen molar-refractivity contribution in [3.8, 4) is 0 Å². The van der Waals surface area contributed by atoms with Crippen molar-refractivity contribution in [2.45, 2.75) is 32.6 Å². The number of hydrogen-bond acceptors (Lipinski definition) is 2. The van der Waals surface area contributed by atoms with Gasteiger partial charge >= 0.3 is 0 Å². The molecule has 0 aromatic heterocycles. The van der Waals surface area contributed by atoms with Gasteiger partial charge in [0, 0.05) is 31.5 Å². The molecule has 0 atom stereocenters. The third kappa shape index (κ3) is 4.88. The molecule has 0 fully saturated rings. The van der Waals surface area contributed by atoms with Crippen LogP contribution in [0.25, 0.3) is 0 Å². The van der Waals surface area contributed by atoms with Crippen LogP contribution in [0.2, 0.25) is 0 Å². The number of carbonyl (C=O) groups is 1. The van der Waals surface area contributed by atoms with Gasteiger partial charge in [0.25, 0.3) is 0 Å². The van der Waals surface area contributed by atoms with Gasteiger partial charge < -0.3 is 10.6 Å². The lowest BCUT2D eigenvalue weighted by molar-refractivity contribution is -0.120. The van der Waals surface area contributed by atoms with Crippen LogP contribution >= 0.6 is 0 Å². The molecule has 3 nitrogen and oxygen atoms in total. The molecule has 0 bridgehead atoms. The van der Waals surface area contributed by atoms with E-state index < -0.39 is 0 Å². The Labute approximate surface area is 110 Å². The summed E-state index contributed by atoms with van der Waals surface area (Å²) in [6, 6.07) is 10.4. The number of rotatable bonds is 7. The van der Waals surface area contributed by atoms with Gasteiger partial charge in [0.15, 0.2) is 0 Å². The van der Waals surface area contributed by atoms with Crippen molar-refractivity contribution >= 4 is 5.91 Å². The van der Waals surface area contributed by atoms with Crippen LogP contribution in [-0.4, -0.2) is 25.5 Å². The Balaban J connectivity index is 2.32. The Morgan fingerprint density at radius 2 is 1.89 bits per heavy atom. The molecule has 18 heavy (non-hydrogen) atoms. The van der Waals surface area contributed by atoms with E-state index in [2.05, 4.69) is 48.7 Å². The second kappa shape index (κ2) is 7.17. The van der Waals surface area contributed by atoms with Gasteiger partial charge in [-0.05, 0) is 12.5 Å². The minimum atomic E-state index is 0.0858. The minimum Gasteiger partial charge on any atom is -0.356 e. The summed E-state index contributed by atoms with van der Waals surface area (Å²) in [5.41, 5.74) is 1.40. The average Bonchev–Trinajstić information content (AvgIpc) is 2.36. The van der Waals surface area contributed by atoms with Gasteiger partial charge in [-0.1, -0.05) is 44.2 Å². The SMILES string of the molecule is CCNC(=O)CCNCC(C)(C)c1ccccc1. The van der Waals surface area contributed by atoms with Crippen LogP contribution < -0.4 is 10.6 Å². The highest BCUT2D eigenvalue weighted by molar-refractivity contribution is 5.75. The number of hydrogen-bond donors (Lipinski definition) is 2. The van der Waals surface area contributed by atoms with Crippen molar-refractivity contribution in [3.63, 3.8) is 0 Å². The summed E-state index contributed by atoms with van der Waals surface area (Å²) >= 11 is 0. The van der Waals surface area contributed by atoms with E-state index in [1.807, 2.05) is 13.0 Å². The first kappa shape index (κ1) is 14.7. The standard InChI is InChI=1S/C15H24N2O/c1-4-17-14(18)10-11-16-12-15(2,3)13-8-6-5-7-9-13/h5-9,16H,4,10-12H2,1-3H3,(H,17,18). The smallest absolute Gasteiger partial charge is 0.221 e. The lowest BCUT2D eigenvalue weighted by Crippen LogP contribution is -2.35. The van der Waals surface area contributed by atoms with Gasteiger partial charge in [0.2, 0.25) is 5.91 Å². The molecule has 1 rings (SSSR count). The van der Waals surface area contributed by atoms with E-state index in [4.69, 9.17) is 0 Å². The molecule has 1 amide bonds. The molecular weight excluding hydrogens is 224 g/mol. The van der Waals surface area contributed by atoms with Gasteiger partial charge in [-0.15, -0.1) is 0 Å². The third-order valence-corrected chi connectivity index (χ3v) is 3.02. The first-order valence-corrected chi connectivity index (χ1v) is 6.59. The van der Waals surface area contributed by atoms with Gasteiger partial charge in [0.1, 0.15) is 0 Å². The molecule has 0 radical (unpaired) electrons. The summed E-state index contributed by atoms with van der Waals surface area (Å²) in [7, 11) is 0. The lowest BCUT2D eigenvalue weighted by atomic mass is 9.84. The molecule has 0 aliphatic rings. The molecule has 0 saturated heterocycles. The highest BCUT2D eigenvalue weighted by atomic mass is 16.1. The first-order valence-electron chi connectivity index (χ1n) is 6.59. The fourth-order valence-electron chi connectivity index (χ4n) is 1.88. The molecule has 0 spiro atoms. The molecule has 0 heterocycles. The van der Waals surface area contributed by atoms with Crippen molar-refractivity contribution in [3.05, 3.63) is 35.9 Å². The highest BCUT2D eigenvalue weighted by Gasteiger charge is 2.19. The molecule has 100 valence electrons. The Hall–Kier alpha value is -1.35. The van der Waals surface area contributed by atoms with E-state index >= 15 is 0 Å². The zero-order valence-corrected chi connectivity index (χ0v) is 11.6. The van der Waals surface area contributed by atoms with Gasteiger partial charge in [-0.3, -0.25) is 4.79 Å². The number of carbonyl (C=O) groups excluding carboxylic acids is 1. The van der Waals surface area contributed by atoms with E-state index in [0.717, 1.165) is 13.1 Å². The van der Waals surface area contributed by atoms with E-state index in [9.17, 15) is 4.79 Å². The van der Waals surface area contributed by atoms with Crippen molar-refractivity contribution < 1.29 is 4.79 Å². The van der Waals surface area contributed by atoms with E-state index in [-0.39, 0.29) is 11.3 Å². The molecule has 2 N–H and O–H groups in total. The molecule has 0 saturated carbocycles. The minimum absolute atomic E-state index is 0.0858.